The molecule has 7 nitrogen and oxygen atoms in total. The summed E-state index contributed by atoms with van der Waals surface area (Å²) >= 11 is 0. The van der Waals surface area contributed by atoms with Gasteiger partial charge in [-0.15, -0.1) is 6.58 Å². The van der Waals surface area contributed by atoms with Gasteiger partial charge >= 0.3 is 5.97 Å². The SMILES string of the molecule is C=CCOCC(NC(=O)c1ccnc(OC2CCC2)c1)C(=O)O. The third-order valence-electron chi connectivity index (χ3n) is 3.46. The average Bonchev–Trinajstić information content (AvgIpc) is 2.50. The summed E-state index contributed by atoms with van der Waals surface area (Å²) in [6.45, 7) is 3.56. The molecule has 1 amide bonds. The summed E-state index contributed by atoms with van der Waals surface area (Å²) in [7, 11) is 0. The molecule has 1 fully saturated rings. The summed E-state index contributed by atoms with van der Waals surface area (Å²) in [5.41, 5.74) is 0.296. The number of hydrogen-bond acceptors (Lipinski definition) is 5. The molecular weight excluding hydrogens is 300 g/mol. The number of carboxylic acid groups (broad SMARTS) is 1. The summed E-state index contributed by atoms with van der Waals surface area (Å²) < 4.78 is 10.7. The Kier molecular flexibility index (Phi) is 6.10. The van der Waals surface area contributed by atoms with Gasteiger partial charge in [-0.2, -0.15) is 0 Å². The van der Waals surface area contributed by atoms with Crippen LogP contribution in [0.15, 0.2) is 31.0 Å². The van der Waals surface area contributed by atoms with Crippen molar-refractivity contribution in [2.45, 2.75) is 31.4 Å². The van der Waals surface area contributed by atoms with E-state index in [1.165, 1.54) is 24.4 Å². The van der Waals surface area contributed by atoms with Gasteiger partial charge in [0.25, 0.3) is 5.91 Å². The molecule has 1 saturated carbocycles. The van der Waals surface area contributed by atoms with Gasteiger partial charge in [-0.3, -0.25) is 4.79 Å². The van der Waals surface area contributed by atoms with Crippen molar-refractivity contribution in [1.82, 2.24) is 10.3 Å². The van der Waals surface area contributed by atoms with Crippen molar-refractivity contribution < 1.29 is 24.2 Å². The van der Waals surface area contributed by atoms with Crippen LogP contribution in [-0.2, 0) is 9.53 Å². The van der Waals surface area contributed by atoms with E-state index in [-0.39, 0.29) is 19.3 Å². The number of nitrogens with zero attached hydrogens (tertiary/aromatic N) is 1. The monoisotopic (exact) mass is 320 g/mol. The van der Waals surface area contributed by atoms with Gasteiger partial charge in [0.15, 0.2) is 6.04 Å². The minimum atomic E-state index is -1.16. The van der Waals surface area contributed by atoms with Crippen molar-refractivity contribution in [2.75, 3.05) is 13.2 Å². The van der Waals surface area contributed by atoms with Crippen molar-refractivity contribution in [3.63, 3.8) is 0 Å². The number of amides is 1. The van der Waals surface area contributed by atoms with E-state index in [1.54, 1.807) is 0 Å². The van der Waals surface area contributed by atoms with Crippen LogP contribution >= 0.6 is 0 Å². The second kappa shape index (κ2) is 8.28. The maximum absolute atomic E-state index is 12.2. The van der Waals surface area contributed by atoms with Crippen LogP contribution in [0.1, 0.15) is 29.6 Å². The molecule has 23 heavy (non-hydrogen) atoms. The number of pyridine rings is 1. The van der Waals surface area contributed by atoms with Crippen LogP contribution < -0.4 is 10.1 Å². The number of rotatable bonds is 9. The number of ether oxygens (including phenoxy) is 2. The van der Waals surface area contributed by atoms with E-state index in [0.717, 1.165) is 19.3 Å². The second-order valence-corrected chi connectivity index (χ2v) is 5.24. The molecule has 2 rings (SSSR count). The Morgan fingerprint density at radius 1 is 1.52 bits per heavy atom. The van der Waals surface area contributed by atoms with Crippen molar-refractivity contribution in [3.05, 3.63) is 36.5 Å². The summed E-state index contributed by atoms with van der Waals surface area (Å²) in [6, 6.07) is 1.88. The molecule has 124 valence electrons. The molecule has 1 aliphatic carbocycles. The van der Waals surface area contributed by atoms with Crippen LogP contribution in [-0.4, -0.2) is 47.3 Å². The average molecular weight is 320 g/mol. The minimum absolute atomic E-state index is 0.135. The number of aromatic nitrogens is 1. The van der Waals surface area contributed by atoms with E-state index >= 15 is 0 Å². The Labute approximate surface area is 134 Å². The van der Waals surface area contributed by atoms with Crippen LogP contribution in [0.4, 0.5) is 0 Å². The number of nitrogens with one attached hydrogen (secondary N) is 1. The number of carbonyl (C=O) groups excluding carboxylic acids is 1. The number of carboxylic acids is 1. The molecule has 0 saturated heterocycles. The van der Waals surface area contributed by atoms with Gasteiger partial charge in [0, 0.05) is 17.8 Å². The first kappa shape index (κ1) is 17.0. The zero-order valence-electron chi connectivity index (χ0n) is 12.7. The fraction of sp³-hybridized carbons (Fsp3) is 0.438. The molecule has 0 bridgehead atoms. The van der Waals surface area contributed by atoms with Crippen LogP contribution in [0.2, 0.25) is 0 Å². The number of hydrogen-bond donors (Lipinski definition) is 2. The molecule has 1 atom stereocenters. The predicted molar refractivity (Wildman–Crippen MR) is 82.4 cm³/mol. The summed E-state index contributed by atoms with van der Waals surface area (Å²) in [5, 5.41) is 11.5. The largest absolute Gasteiger partial charge is 0.480 e. The van der Waals surface area contributed by atoms with Crippen LogP contribution in [0.5, 0.6) is 5.88 Å². The Bertz CT molecular complexity index is 571. The van der Waals surface area contributed by atoms with E-state index in [4.69, 9.17) is 14.6 Å². The van der Waals surface area contributed by atoms with Gasteiger partial charge < -0.3 is 19.9 Å². The zero-order chi connectivity index (χ0) is 16.7. The van der Waals surface area contributed by atoms with E-state index in [2.05, 4.69) is 16.9 Å². The Balaban J connectivity index is 1.95. The first-order valence-corrected chi connectivity index (χ1v) is 7.45. The molecule has 2 N–H and O–H groups in total. The van der Waals surface area contributed by atoms with E-state index in [0.29, 0.717) is 11.4 Å². The standard InChI is InChI=1S/C16H20N2O5/c1-2-8-22-10-13(16(20)21)18-15(19)11-6-7-17-14(9-11)23-12-4-3-5-12/h2,6-7,9,12-13H,1,3-5,8,10H2,(H,18,19)(H,20,21). The van der Waals surface area contributed by atoms with Crippen LogP contribution in [0.3, 0.4) is 0 Å². The molecular formula is C16H20N2O5. The molecule has 1 aromatic rings. The maximum Gasteiger partial charge on any atom is 0.328 e. The molecule has 0 radical (unpaired) electrons. The van der Waals surface area contributed by atoms with Gasteiger partial charge in [-0.1, -0.05) is 6.08 Å². The molecule has 0 aliphatic heterocycles. The van der Waals surface area contributed by atoms with Crippen LogP contribution in [0.25, 0.3) is 0 Å². The lowest BCUT2D eigenvalue weighted by atomic mass is 9.96. The topological polar surface area (TPSA) is 97.8 Å². The maximum atomic E-state index is 12.2. The van der Waals surface area contributed by atoms with Crippen molar-refractivity contribution in [3.8, 4) is 5.88 Å². The number of aliphatic carboxylic acids is 1. The van der Waals surface area contributed by atoms with Gasteiger partial charge in [0.05, 0.1) is 13.2 Å². The molecule has 1 unspecified atom stereocenters. The lowest BCUT2D eigenvalue weighted by Crippen LogP contribution is -2.44. The van der Waals surface area contributed by atoms with Crippen molar-refractivity contribution >= 4 is 11.9 Å². The highest BCUT2D eigenvalue weighted by atomic mass is 16.5. The fourth-order valence-corrected chi connectivity index (χ4v) is 1.96. The molecule has 0 spiro atoms. The zero-order valence-corrected chi connectivity index (χ0v) is 12.7. The summed E-state index contributed by atoms with van der Waals surface area (Å²) in [6.07, 6.45) is 6.23. The Morgan fingerprint density at radius 2 is 2.30 bits per heavy atom. The smallest absolute Gasteiger partial charge is 0.328 e. The van der Waals surface area contributed by atoms with Gasteiger partial charge in [-0.05, 0) is 25.3 Å². The first-order valence-electron chi connectivity index (χ1n) is 7.45. The normalized spacial score (nSPS) is 15.3. The molecule has 1 aliphatic rings. The Hall–Kier alpha value is -2.41. The predicted octanol–water partition coefficient (Wildman–Crippen LogP) is 1.40. The lowest BCUT2D eigenvalue weighted by Gasteiger charge is -2.25. The van der Waals surface area contributed by atoms with Gasteiger partial charge in [-0.25, -0.2) is 9.78 Å². The fourth-order valence-electron chi connectivity index (χ4n) is 1.96. The third kappa shape index (κ3) is 5.07. The molecule has 7 heteroatoms. The third-order valence-corrected chi connectivity index (χ3v) is 3.46. The minimum Gasteiger partial charge on any atom is -0.480 e. The first-order chi connectivity index (χ1) is 11.1. The van der Waals surface area contributed by atoms with Gasteiger partial charge in [0.1, 0.15) is 6.10 Å². The highest BCUT2D eigenvalue weighted by Gasteiger charge is 2.22. The summed E-state index contributed by atoms with van der Waals surface area (Å²) in [5.74, 6) is -1.31. The highest BCUT2D eigenvalue weighted by molar-refractivity contribution is 5.96. The van der Waals surface area contributed by atoms with Crippen molar-refractivity contribution in [2.24, 2.45) is 0 Å². The van der Waals surface area contributed by atoms with E-state index in [9.17, 15) is 9.59 Å². The van der Waals surface area contributed by atoms with Gasteiger partial charge in [0.2, 0.25) is 5.88 Å². The quantitative estimate of drug-likeness (QED) is 0.527. The molecule has 0 aromatic carbocycles. The summed E-state index contributed by atoms with van der Waals surface area (Å²) in [4.78, 5) is 27.4. The highest BCUT2D eigenvalue weighted by Crippen LogP contribution is 2.24. The van der Waals surface area contributed by atoms with Crippen LogP contribution in [0, 0.1) is 0 Å². The Morgan fingerprint density at radius 3 is 2.91 bits per heavy atom. The second-order valence-electron chi connectivity index (χ2n) is 5.24. The lowest BCUT2D eigenvalue weighted by molar-refractivity contribution is -0.140. The van der Waals surface area contributed by atoms with E-state index in [1.807, 2.05) is 0 Å². The number of carbonyl (C=O) groups is 2. The molecule has 1 aromatic heterocycles. The van der Waals surface area contributed by atoms with E-state index < -0.39 is 17.9 Å². The molecule has 1 heterocycles. The van der Waals surface area contributed by atoms with Crippen molar-refractivity contribution in [1.29, 1.82) is 0 Å².